The smallest absolute Gasteiger partial charge is 0.266 e. The van der Waals surface area contributed by atoms with Crippen molar-refractivity contribution in [2.45, 2.75) is 25.4 Å². The van der Waals surface area contributed by atoms with E-state index in [0.717, 1.165) is 29.3 Å². The lowest BCUT2D eigenvalue weighted by molar-refractivity contribution is 0.0720. The number of carbonyl (C=O) groups is 1. The first-order valence-corrected chi connectivity index (χ1v) is 10.3. The lowest BCUT2D eigenvalue weighted by Gasteiger charge is -2.25. The second kappa shape index (κ2) is 8.10. The van der Waals surface area contributed by atoms with Crippen LogP contribution in [0.15, 0.2) is 78.0 Å². The summed E-state index contributed by atoms with van der Waals surface area (Å²) < 4.78 is 1.46. The van der Waals surface area contributed by atoms with Gasteiger partial charge < -0.3 is 4.90 Å². The predicted octanol–water partition coefficient (Wildman–Crippen LogP) is 3.16. The number of hydrogen-bond donors (Lipinski definition) is 0. The Kier molecular flexibility index (Phi) is 5.00. The van der Waals surface area contributed by atoms with Gasteiger partial charge in [-0.15, -0.1) is 0 Å². The van der Waals surface area contributed by atoms with Crippen molar-refractivity contribution in [2.75, 3.05) is 6.54 Å². The molecule has 0 spiro atoms. The molecule has 1 amide bonds. The number of pyridine rings is 2. The number of fused-ring (bicyclic) bond motifs is 1. The summed E-state index contributed by atoms with van der Waals surface area (Å²) in [5.41, 5.74) is 2.85. The van der Waals surface area contributed by atoms with Crippen molar-refractivity contribution < 1.29 is 4.79 Å². The monoisotopic (exact) mass is 411 g/mol. The van der Waals surface area contributed by atoms with Gasteiger partial charge in [-0.3, -0.25) is 19.6 Å². The maximum Gasteiger partial charge on any atom is 0.266 e. The number of rotatable bonds is 4. The van der Waals surface area contributed by atoms with E-state index in [9.17, 15) is 9.59 Å². The van der Waals surface area contributed by atoms with Gasteiger partial charge in [0.05, 0.1) is 23.8 Å². The molecular formula is C24H21N5O2. The molecule has 4 aromatic rings. The SMILES string of the molecule is O=C(c1ccc2ncccc2c1)N1CCCC1Cn1nc(-c2cccnc2)ccc1=O. The van der Waals surface area contributed by atoms with Gasteiger partial charge in [0.15, 0.2) is 0 Å². The van der Waals surface area contributed by atoms with Crippen LogP contribution in [0.2, 0.25) is 0 Å². The van der Waals surface area contributed by atoms with Crippen LogP contribution in [-0.2, 0) is 6.54 Å². The number of carbonyl (C=O) groups excluding carboxylic acids is 1. The molecule has 1 atom stereocenters. The highest BCUT2D eigenvalue weighted by Crippen LogP contribution is 2.23. The number of nitrogens with zero attached hydrogens (tertiary/aromatic N) is 5. The minimum atomic E-state index is -0.177. The molecule has 1 aliphatic rings. The van der Waals surface area contributed by atoms with E-state index >= 15 is 0 Å². The summed E-state index contributed by atoms with van der Waals surface area (Å²) in [6.45, 7) is 1.04. The number of amides is 1. The fourth-order valence-corrected chi connectivity index (χ4v) is 4.11. The summed E-state index contributed by atoms with van der Waals surface area (Å²) in [4.78, 5) is 36.0. The molecule has 0 N–H and O–H groups in total. The molecule has 7 nitrogen and oxygen atoms in total. The molecule has 0 radical (unpaired) electrons. The molecule has 0 saturated carbocycles. The Hall–Kier alpha value is -3.87. The van der Waals surface area contributed by atoms with Gasteiger partial charge in [-0.05, 0) is 55.3 Å². The molecule has 4 heterocycles. The van der Waals surface area contributed by atoms with Gasteiger partial charge in [0.2, 0.25) is 0 Å². The van der Waals surface area contributed by atoms with Crippen LogP contribution in [-0.4, -0.2) is 43.1 Å². The average molecular weight is 411 g/mol. The summed E-state index contributed by atoms with van der Waals surface area (Å²) in [5.74, 6) is -0.0234. The summed E-state index contributed by atoms with van der Waals surface area (Å²) in [5, 5.41) is 5.47. The topological polar surface area (TPSA) is 81.0 Å². The van der Waals surface area contributed by atoms with E-state index in [0.29, 0.717) is 24.3 Å². The quantitative estimate of drug-likeness (QED) is 0.515. The van der Waals surface area contributed by atoms with E-state index in [2.05, 4.69) is 15.1 Å². The number of likely N-dealkylation sites (tertiary alicyclic amines) is 1. The summed E-state index contributed by atoms with van der Waals surface area (Å²) >= 11 is 0. The average Bonchev–Trinajstić information content (AvgIpc) is 3.28. The second-order valence-electron chi connectivity index (χ2n) is 7.69. The molecule has 7 heteroatoms. The van der Waals surface area contributed by atoms with Crippen LogP contribution < -0.4 is 5.56 Å². The Balaban J connectivity index is 1.40. The normalized spacial score (nSPS) is 16.0. The van der Waals surface area contributed by atoms with E-state index in [1.165, 1.54) is 10.7 Å². The van der Waals surface area contributed by atoms with Crippen molar-refractivity contribution in [3.05, 3.63) is 89.1 Å². The Morgan fingerprint density at radius 1 is 1.06 bits per heavy atom. The van der Waals surface area contributed by atoms with Gasteiger partial charge in [0.1, 0.15) is 0 Å². The third-order valence-electron chi connectivity index (χ3n) is 5.70. The van der Waals surface area contributed by atoms with Crippen molar-refractivity contribution in [1.82, 2.24) is 24.6 Å². The first-order valence-electron chi connectivity index (χ1n) is 10.3. The van der Waals surface area contributed by atoms with E-state index in [1.807, 2.05) is 47.4 Å². The molecule has 1 aliphatic heterocycles. The third-order valence-corrected chi connectivity index (χ3v) is 5.70. The molecule has 1 aromatic carbocycles. The van der Waals surface area contributed by atoms with Crippen LogP contribution >= 0.6 is 0 Å². The first kappa shape index (κ1) is 19.1. The number of aromatic nitrogens is 4. The van der Waals surface area contributed by atoms with Gasteiger partial charge in [0.25, 0.3) is 11.5 Å². The molecule has 5 rings (SSSR count). The molecule has 1 fully saturated rings. The van der Waals surface area contributed by atoms with E-state index in [-0.39, 0.29) is 17.5 Å². The fourth-order valence-electron chi connectivity index (χ4n) is 4.11. The van der Waals surface area contributed by atoms with E-state index in [4.69, 9.17) is 0 Å². The van der Waals surface area contributed by atoms with Crippen LogP contribution in [0.3, 0.4) is 0 Å². The first-order chi connectivity index (χ1) is 15.2. The standard InChI is InChI=1S/C24H21N5O2/c30-23-10-9-22(19-5-1-11-25-15-19)27-29(23)16-20-6-3-13-28(20)24(31)18-7-8-21-17(14-18)4-2-12-26-21/h1-2,4-5,7-12,14-15,20H,3,6,13,16H2. The zero-order chi connectivity index (χ0) is 21.2. The van der Waals surface area contributed by atoms with Crippen molar-refractivity contribution in [2.24, 2.45) is 0 Å². The van der Waals surface area contributed by atoms with Gasteiger partial charge in [0, 0.05) is 47.7 Å². The Morgan fingerprint density at radius 3 is 2.84 bits per heavy atom. The molecular weight excluding hydrogens is 390 g/mol. The van der Waals surface area contributed by atoms with Crippen LogP contribution in [0.4, 0.5) is 0 Å². The largest absolute Gasteiger partial charge is 0.334 e. The Bertz CT molecular complexity index is 1300. The van der Waals surface area contributed by atoms with Gasteiger partial charge in [-0.25, -0.2) is 4.68 Å². The summed E-state index contributed by atoms with van der Waals surface area (Å²) in [6.07, 6.45) is 6.90. The lowest BCUT2D eigenvalue weighted by Crippen LogP contribution is -2.40. The van der Waals surface area contributed by atoms with Crippen molar-refractivity contribution in [3.63, 3.8) is 0 Å². The number of benzene rings is 1. The number of hydrogen-bond acceptors (Lipinski definition) is 5. The Labute approximate surface area is 179 Å². The highest BCUT2D eigenvalue weighted by Gasteiger charge is 2.30. The fraction of sp³-hybridized carbons (Fsp3) is 0.208. The lowest BCUT2D eigenvalue weighted by atomic mass is 10.1. The molecule has 31 heavy (non-hydrogen) atoms. The van der Waals surface area contributed by atoms with E-state index < -0.39 is 0 Å². The predicted molar refractivity (Wildman–Crippen MR) is 118 cm³/mol. The van der Waals surface area contributed by atoms with Gasteiger partial charge in [-0.1, -0.05) is 6.07 Å². The molecule has 154 valence electrons. The van der Waals surface area contributed by atoms with Gasteiger partial charge in [-0.2, -0.15) is 5.10 Å². The summed E-state index contributed by atoms with van der Waals surface area (Å²) in [6, 6.07) is 16.3. The maximum atomic E-state index is 13.3. The highest BCUT2D eigenvalue weighted by atomic mass is 16.2. The van der Waals surface area contributed by atoms with Crippen molar-refractivity contribution >= 4 is 16.8 Å². The third kappa shape index (κ3) is 3.82. The molecule has 1 saturated heterocycles. The molecule has 0 bridgehead atoms. The van der Waals surface area contributed by atoms with Gasteiger partial charge >= 0.3 is 0 Å². The summed E-state index contributed by atoms with van der Waals surface area (Å²) in [7, 11) is 0. The van der Waals surface area contributed by atoms with Crippen LogP contribution in [0.1, 0.15) is 23.2 Å². The minimum absolute atomic E-state index is 0.0234. The minimum Gasteiger partial charge on any atom is -0.334 e. The maximum absolute atomic E-state index is 13.3. The Morgan fingerprint density at radius 2 is 1.97 bits per heavy atom. The van der Waals surface area contributed by atoms with Crippen molar-refractivity contribution in [3.8, 4) is 11.3 Å². The second-order valence-corrected chi connectivity index (χ2v) is 7.69. The van der Waals surface area contributed by atoms with E-state index in [1.54, 1.807) is 24.7 Å². The zero-order valence-corrected chi connectivity index (χ0v) is 16.9. The molecule has 1 unspecified atom stereocenters. The molecule has 0 aliphatic carbocycles. The van der Waals surface area contributed by atoms with Crippen LogP contribution in [0, 0.1) is 0 Å². The molecule has 3 aromatic heterocycles. The highest BCUT2D eigenvalue weighted by molar-refractivity contribution is 5.98. The van der Waals surface area contributed by atoms with Crippen LogP contribution in [0.25, 0.3) is 22.2 Å². The van der Waals surface area contributed by atoms with Crippen LogP contribution in [0.5, 0.6) is 0 Å². The van der Waals surface area contributed by atoms with Crippen molar-refractivity contribution in [1.29, 1.82) is 0 Å². The zero-order valence-electron chi connectivity index (χ0n) is 16.9.